The Bertz CT molecular complexity index is 163. The first-order valence-electron chi connectivity index (χ1n) is 4.24. The van der Waals surface area contributed by atoms with Gasteiger partial charge in [0.2, 0.25) is 0 Å². The molecule has 0 aliphatic heterocycles. The summed E-state index contributed by atoms with van der Waals surface area (Å²) in [4.78, 5) is 0. The Morgan fingerprint density at radius 1 is 1.20 bits per heavy atom. The van der Waals surface area contributed by atoms with Crippen molar-refractivity contribution in [3.8, 4) is 0 Å². The molecule has 0 radical (unpaired) electrons. The second kappa shape index (κ2) is 1.42. The van der Waals surface area contributed by atoms with Gasteiger partial charge in [0.15, 0.2) is 0 Å². The summed E-state index contributed by atoms with van der Waals surface area (Å²) in [6.45, 7) is 6.98. The molecule has 2 aliphatic carbocycles. The maximum atomic E-state index is 5.97. The zero-order valence-corrected chi connectivity index (χ0v) is 7.15. The first kappa shape index (κ1) is 6.66. The molecule has 2 atom stereocenters. The zero-order chi connectivity index (χ0) is 7.57. The molecule has 0 spiro atoms. The van der Waals surface area contributed by atoms with E-state index < -0.39 is 0 Å². The van der Waals surface area contributed by atoms with E-state index in [-0.39, 0.29) is 0 Å². The third-order valence-corrected chi connectivity index (χ3v) is 3.70. The third kappa shape index (κ3) is 0.619. The van der Waals surface area contributed by atoms with Gasteiger partial charge in [0.25, 0.3) is 0 Å². The van der Waals surface area contributed by atoms with Crippen molar-refractivity contribution < 1.29 is 0 Å². The second-order valence-corrected chi connectivity index (χ2v) is 4.98. The van der Waals surface area contributed by atoms with Gasteiger partial charge in [0, 0.05) is 6.04 Å². The normalized spacial score (nSPS) is 46.8. The fraction of sp³-hybridized carbons (Fsp3) is 1.00. The lowest BCUT2D eigenvalue weighted by Crippen LogP contribution is -2.08. The molecule has 0 amide bonds. The summed E-state index contributed by atoms with van der Waals surface area (Å²) in [7, 11) is 0. The summed E-state index contributed by atoms with van der Waals surface area (Å²) in [6.07, 6.45) is 2.82. The molecule has 1 heteroatoms. The Balaban J connectivity index is 2.11. The summed E-state index contributed by atoms with van der Waals surface area (Å²) in [5, 5.41) is 0. The Hall–Kier alpha value is -0.0400. The summed E-state index contributed by atoms with van der Waals surface area (Å²) >= 11 is 0. The molecule has 0 unspecified atom stereocenters. The molecule has 58 valence electrons. The lowest BCUT2D eigenvalue weighted by molar-refractivity contribution is 0.403. The van der Waals surface area contributed by atoms with Crippen LogP contribution in [0.3, 0.4) is 0 Å². The van der Waals surface area contributed by atoms with E-state index in [1.165, 1.54) is 12.8 Å². The quantitative estimate of drug-likeness (QED) is 0.588. The van der Waals surface area contributed by atoms with Gasteiger partial charge in [-0.05, 0) is 29.6 Å². The first-order chi connectivity index (χ1) is 4.48. The van der Waals surface area contributed by atoms with E-state index in [2.05, 4.69) is 20.8 Å². The van der Waals surface area contributed by atoms with Crippen molar-refractivity contribution in [3.05, 3.63) is 0 Å². The van der Waals surface area contributed by atoms with Crippen LogP contribution in [0.25, 0.3) is 0 Å². The monoisotopic (exact) mass is 139 g/mol. The average molecular weight is 139 g/mol. The van der Waals surface area contributed by atoms with Crippen LogP contribution in [0.5, 0.6) is 0 Å². The van der Waals surface area contributed by atoms with E-state index in [1.807, 2.05) is 0 Å². The van der Waals surface area contributed by atoms with Crippen LogP contribution in [0.4, 0.5) is 0 Å². The molecule has 0 aromatic heterocycles. The molecule has 2 N–H and O–H groups in total. The predicted octanol–water partition coefficient (Wildman–Crippen LogP) is 1.77. The van der Waals surface area contributed by atoms with E-state index in [4.69, 9.17) is 5.73 Å². The molecular weight excluding hydrogens is 122 g/mol. The van der Waals surface area contributed by atoms with E-state index in [1.54, 1.807) is 0 Å². The van der Waals surface area contributed by atoms with Gasteiger partial charge in [-0.2, -0.15) is 0 Å². The number of hydrogen-bond acceptors (Lipinski definition) is 1. The molecule has 0 heterocycles. The van der Waals surface area contributed by atoms with Crippen LogP contribution in [0.1, 0.15) is 33.6 Å². The highest BCUT2D eigenvalue weighted by Gasteiger charge is 2.66. The van der Waals surface area contributed by atoms with E-state index in [9.17, 15) is 0 Å². The lowest BCUT2D eigenvalue weighted by atomic mass is 9.97. The minimum Gasteiger partial charge on any atom is -0.327 e. The molecule has 2 rings (SSSR count). The van der Waals surface area contributed by atoms with Crippen LogP contribution >= 0.6 is 0 Å². The Morgan fingerprint density at radius 3 is 1.70 bits per heavy atom. The van der Waals surface area contributed by atoms with Gasteiger partial charge >= 0.3 is 0 Å². The van der Waals surface area contributed by atoms with Crippen molar-refractivity contribution in [2.45, 2.75) is 39.7 Å². The zero-order valence-electron chi connectivity index (χ0n) is 7.15. The van der Waals surface area contributed by atoms with Gasteiger partial charge in [-0.1, -0.05) is 20.8 Å². The lowest BCUT2D eigenvalue weighted by Gasteiger charge is -2.07. The summed E-state index contributed by atoms with van der Waals surface area (Å²) in [6, 6.07) is 0.486. The molecule has 0 bridgehead atoms. The van der Waals surface area contributed by atoms with E-state index in [0.717, 1.165) is 5.92 Å². The first-order valence-corrected chi connectivity index (χ1v) is 4.24. The van der Waals surface area contributed by atoms with Gasteiger partial charge < -0.3 is 5.73 Å². The molecule has 10 heavy (non-hydrogen) atoms. The molecule has 0 saturated heterocycles. The molecule has 1 nitrogen and oxygen atoms in total. The van der Waals surface area contributed by atoms with Crippen molar-refractivity contribution in [3.63, 3.8) is 0 Å². The van der Waals surface area contributed by atoms with Gasteiger partial charge in [-0.3, -0.25) is 0 Å². The highest BCUT2D eigenvalue weighted by molar-refractivity contribution is 5.18. The fourth-order valence-electron chi connectivity index (χ4n) is 2.52. The summed E-state index contributed by atoms with van der Waals surface area (Å²) < 4.78 is 0. The van der Waals surface area contributed by atoms with E-state index >= 15 is 0 Å². The van der Waals surface area contributed by atoms with Crippen LogP contribution in [-0.4, -0.2) is 6.04 Å². The van der Waals surface area contributed by atoms with Gasteiger partial charge in [-0.25, -0.2) is 0 Å². The maximum absolute atomic E-state index is 5.97. The second-order valence-electron chi connectivity index (χ2n) is 4.98. The largest absolute Gasteiger partial charge is 0.327 e. The van der Waals surface area contributed by atoms with Crippen LogP contribution in [-0.2, 0) is 0 Å². The number of rotatable bonds is 1. The number of nitrogens with two attached hydrogens (primary N) is 1. The van der Waals surface area contributed by atoms with Crippen molar-refractivity contribution in [2.24, 2.45) is 22.5 Å². The van der Waals surface area contributed by atoms with Gasteiger partial charge in [0.05, 0.1) is 0 Å². The highest BCUT2D eigenvalue weighted by Crippen LogP contribution is 2.68. The highest BCUT2D eigenvalue weighted by atomic mass is 14.9. The number of hydrogen-bond donors (Lipinski definition) is 1. The predicted molar refractivity (Wildman–Crippen MR) is 42.6 cm³/mol. The molecule has 0 aromatic rings. The SMILES string of the molecule is CC1([C@@H]2[C@@H](N)C2(C)C)CC1. The van der Waals surface area contributed by atoms with Crippen molar-refractivity contribution >= 4 is 0 Å². The summed E-state index contributed by atoms with van der Waals surface area (Å²) in [5.41, 5.74) is 7.06. The van der Waals surface area contributed by atoms with Crippen LogP contribution in [0.15, 0.2) is 0 Å². The van der Waals surface area contributed by atoms with Crippen LogP contribution in [0.2, 0.25) is 0 Å². The molecule has 0 aromatic carbocycles. The van der Waals surface area contributed by atoms with Crippen molar-refractivity contribution in [2.75, 3.05) is 0 Å². The fourth-order valence-corrected chi connectivity index (χ4v) is 2.52. The van der Waals surface area contributed by atoms with Crippen molar-refractivity contribution in [1.29, 1.82) is 0 Å². The Labute approximate surface area is 63.0 Å². The molecule has 2 fully saturated rings. The molecule has 2 aliphatic rings. The minimum absolute atomic E-state index is 0.450. The minimum atomic E-state index is 0.450. The average Bonchev–Trinajstić information content (AvgIpc) is 2.57. The Morgan fingerprint density at radius 2 is 1.60 bits per heavy atom. The summed E-state index contributed by atoms with van der Waals surface area (Å²) in [5.74, 6) is 0.819. The standard InChI is InChI=1S/C9H17N/c1-8(2)6(7(8)10)9(3)4-5-9/h6-7H,4-5,10H2,1-3H3/t6-,7-/m1/s1. The van der Waals surface area contributed by atoms with Crippen LogP contribution in [0, 0.1) is 16.7 Å². The van der Waals surface area contributed by atoms with Gasteiger partial charge in [0.1, 0.15) is 0 Å². The molecule has 2 saturated carbocycles. The van der Waals surface area contributed by atoms with Crippen molar-refractivity contribution in [1.82, 2.24) is 0 Å². The Kier molecular flexibility index (Phi) is 0.949. The maximum Gasteiger partial charge on any atom is 0.0133 e. The molecular formula is C9H17N. The smallest absolute Gasteiger partial charge is 0.0133 e. The van der Waals surface area contributed by atoms with E-state index in [0.29, 0.717) is 16.9 Å². The van der Waals surface area contributed by atoms with Crippen LogP contribution < -0.4 is 5.73 Å². The van der Waals surface area contributed by atoms with Gasteiger partial charge in [-0.15, -0.1) is 0 Å². The topological polar surface area (TPSA) is 26.0 Å². The third-order valence-electron chi connectivity index (χ3n) is 3.70.